The van der Waals surface area contributed by atoms with Crippen molar-refractivity contribution in [1.29, 1.82) is 0 Å². The van der Waals surface area contributed by atoms with Crippen molar-refractivity contribution in [2.45, 2.75) is 44.3 Å². The van der Waals surface area contributed by atoms with Crippen LogP contribution in [0, 0.1) is 0 Å². The number of hydrogen-bond donors (Lipinski definition) is 1. The van der Waals surface area contributed by atoms with Crippen LogP contribution in [0.15, 0.2) is 6.33 Å². The average molecular weight is 250 g/mol. The second kappa shape index (κ2) is 5.01. The molecule has 1 aromatic rings. The van der Waals surface area contributed by atoms with Gasteiger partial charge in [-0.1, -0.05) is 6.42 Å². The number of fused-ring (bicyclic) bond motifs is 1. The number of aromatic nitrogens is 4. The first-order valence-electron chi connectivity index (χ1n) is 6.57. The summed E-state index contributed by atoms with van der Waals surface area (Å²) in [6.45, 7) is 2.50. The number of hydrogen-bond acceptors (Lipinski definition) is 5. The summed E-state index contributed by atoms with van der Waals surface area (Å²) in [5, 5.41) is 13.8. The zero-order valence-electron chi connectivity index (χ0n) is 10.3. The number of piperidine rings is 1. The van der Waals surface area contributed by atoms with Gasteiger partial charge in [-0.2, -0.15) is 0 Å². The molecule has 2 atom stereocenters. The lowest BCUT2D eigenvalue weighted by molar-refractivity contribution is -0.122. The van der Waals surface area contributed by atoms with E-state index in [9.17, 15) is 4.79 Å². The van der Waals surface area contributed by atoms with Gasteiger partial charge in [0.1, 0.15) is 12.9 Å². The Morgan fingerprint density at radius 1 is 1.33 bits per heavy atom. The Morgan fingerprint density at radius 2 is 2.28 bits per heavy atom. The zero-order valence-corrected chi connectivity index (χ0v) is 10.3. The first-order valence-corrected chi connectivity index (χ1v) is 6.57. The molecule has 0 saturated carbocycles. The largest absolute Gasteiger partial charge is 0.350 e. The van der Waals surface area contributed by atoms with Crippen LogP contribution < -0.4 is 5.32 Å². The maximum atomic E-state index is 11.9. The Morgan fingerprint density at radius 3 is 3.11 bits per heavy atom. The lowest BCUT2D eigenvalue weighted by atomic mass is 9.99. The SMILES string of the molecule is O=C(Cn1cnnn1)NC1CCN2CCCCC12. The highest BCUT2D eigenvalue weighted by Crippen LogP contribution is 2.26. The van der Waals surface area contributed by atoms with Gasteiger partial charge in [0.15, 0.2) is 0 Å². The van der Waals surface area contributed by atoms with Gasteiger partial charge in [0.25, 0.3) is 0 Å². The van der Waals surface area contributed by atoms with E-state index < -0.39 is 0 Å². The summed E-state index contributed by atoms with van der Waals surface area (Å²) >= 11 is 0. The van der Waals surface area contributed by atoms with E-state index in [2.05, 4.69) is 25.7 Å². The summed E-state index contributed by atoms with van der Waals surface area (Å²) in [6.07, 6.45) is 6.30. The van der Waals surface area contributed by atoms with Gasteiger partial charge < -0.3 is 5.32 Å². The highest BCUT2D eigenvalue weighted by atomic mass is 16.2. The maximum Gasteiger partial charge on any atom is 0.242 e. The van der Waals surface area contributed by atoms with Crippen molar-refractivity contribution in [1.82, 2.24) is 30.4 Å². The molecule has 3 rings (SSSR count). The fraction of sp³-hybridized carbons (Fsp3) is 0.818. The monoisotopic (exact) mass is 250 g/mol. The molecule has 1 amide bonds. The molecule has 2 saturated heterocycles. The van der Waals surface area contributed by atoms with Gasteiger partial charge in [-0.05, 0) is 36.2 Å². The number of carbonyl (C=O) groups is 1. The van der Waals surface area contributed by atoms with Gasteiger partial charge in [-0.3, -0.25) is 9.69 Å². The van der Waals surface area contributed by atoms with Crippen LogP contribution in [0.5, 0.6) is 0 Å². The van der Waals surface area contributed by atoms with Gasteiger partial charge in [0, 0.05) is 18.6 Å². The summed E-state index contributed by atoms with van der Waals surface area (Å²) in [7, 11) is 0. The fourth-order valence-corrected chi connectivity index (χ4v) is 3.07. The second-order valence-corrected chi connectivity index (χ2v) is 5.07. The third kappa shape index (κ3) is 2.35. The fourth-order valence-electron chi connectivity index (χ4n) is 3.07. The summed E-state index contributed by atoms with van der Waals surface area (Å²) in [4.78, 5) is 14.4. The molecule has 0 aliphatic carbocycles. The van der Waals surface area contributed by atoms with Gasteiger partial charge in [0.2, 0.25) is 5.91 Å². The number of amides is 1. The first-order chi connectivity index (χ1) is 8.83. The van der Waals surface area contributed by atoms with Crippen molar-refractivity contribution < 1.29 is 4.79 Å². The van der Waals surface area contributed by atoms with Crippen molar-refractivity contribution in [3.05, 3.63) is 6.33 Å². The van der Waals surface area contributed by atoms with E-state index in [0.717, 1.165) is 13.0 Å². The van der Waals surface area contributed by atoms with E-state index in [1.807, 2.05) is 0 Å². The Labute approximate surface area is 106 Å². The lowest BCUT2D eigenvalue weighted by Crippen LogP contribution is -2.47. The number of nitrogens with one attached hydrogen (secondary N) is 1. The Kier molecular flexibility index (Phi) is 3.22. The molecule has 18 heavy (non-hydrogen) atoms. The minimum Gasteiger partial charge on any atom is -0.350 e. The molecule has 0 radical (unpaired) electrons. The van der Waals surface area contributed by atoms with Gasteiger partial charge in [-0.15, -0.1) is 5.10 Å². The average Bonchev–Trinajstić information content (AvgIpc) is 3.00. The third-order valence-corrected chi connectivity index (χ3v) is 3.90. The Hall–Kier alpha value is -1.50. The van der Waals surface area contributed by atoms with Crippen molar-refractivity contribution in [3.63, 3.8) is 0 Å². The van der Waals surface area contributed by atoms with Crippen LogP contribution in [0.1, 0.15) is 25.7 Å². The van der Waals surface area contributed by atoms with Crippen LogP contribution in [-0.4, -0.2) is 56.2 Å². The molecular weight excluding hydrogens is 232 g/mol. The van der Waals surface area contributed by atoms with Crippen molar-refractivity contribution in [2.75, 3.05) is 13.1 Å². The highest BCUT2D eigenvalue weighted by molar-refractivity contribution is 5.76. The molecule has 2 unspecified atom stereocenters. The van der Waals surface area contributed by atoms with E-state index in [1.54, 1.807) is 0 Å². The molecule has 1 N–H and O–H groups in total. The topological polar surface area (TPSA) is 75.9 Å². The smallest absolute Gasteiger partial charge is 0.242 e. The van der Waals surface area contributed by atoms with E-state index in [1.165, 1.54) is 36.8 Å². The first kappa shape index (κ1) is 11.6. The number of carbonyl (C=O) groups excluding carboxylic acids is 1. The van der Waals surface area contributed by atoms with E-state index in [0.29, 0.717) is 12.1 Å². The Bertz CT molecular complexity index is 406. The molecule has 3 heterocycles. The summed E-state index contributed by atoms with van der Waals surface area (Å²) in [6, 6.07) is 0.839. The number of nitrogens with zero attached hydrogens (tertiary/aromatic N) is 5. The molecule has 2 aliphatic heterocycles. The quantitative estimate of drug-likeness (QED) is 0.776. The number of tetrazole rings is 1. The van der Waals surface area contributed by atoms with E-state index in [-0.39, 0.29) is 12.5 Å². The standard InChI is InChI=1S/C11H18N6O/c18-11(7-17-8-12-14-15-17)13-9-4-6-16-5-2-1-3-10(9)16/h8-10H,1-7H2,(H,13,18). The van der Waals surface area contributed by atoms with Crippen LogP contribution in [0.3, 0.4) is 0 Å². The summed E-state index contributed by atoms with van der Waals surface area (Å²) in [5.41, 5.74) is 0. The van der Waals surface area contributed by atoms with E-state index >= 15 is 0 Å². The molecule has 2 aliphatic rings. The molecule has 0 aromatic carbocycles. The molecule has 7 nitrogen and oxygen atoms in total. The van der Waals surface area contributed by atoms with Crippen molar-refractivity contribution in [3.8, 4) is 0 Å². The molecular formula is C11H18N6O. The van der Waals surface area contributed by atoms with Gasteiger partial charge in [0.05, 0.1) is 0 Å². The minimum absolute atomic E-state index is 0.000256. The summed E-state index contributed by atoms with van der Waals surface area (Å²) in [5.74, 6) is -0.000256. The van der Waals surface area contributed by atoms with Crippen LogP contribution in [0.4, 0.5) is 0 Å². The predicted molar refractivity (Wildman–Crippen MR) is 63.6 cm³/mol. The van der Waals surface area contributed by atoms with Gasteiger partial charge in [-0.25, -0.2) is 4.68 Å². The lowest BCUT2D eigenvalue weighted by Gasteiger charge is -2.32. The van der Waals surface area contributed by atoms with Gasteiger partial charge >= 0.3 is 0 Å². The summed E-state index contributed by atoms with van der Waals surface area (Å²) < 4.78 is 1.45. The van der Waals surface area contributed by atoms with Crippen LogP contribution >= 0.6 is 0 Å². The molecule has 1 aromatic heterocycles. The number of rotatable bonds is 3. The van der Waals surface area contributed by atoms with E-state index in [4.69, 9.17) is 0 Å². The van der Waals surface area contributed by atoms with Crippen LogP contribution in [0.25, 0.3) is 0 Å². The predicted octanol–water partition coefficient (Wildman–Crippen LogP) is -0.584. The second-order valence-electron chi connectivity index (χ2n) is 5.07. The molecule has 2 fully saturated rings. The van der Waals surface area contributed by atoms with Crippen molar-refractivity contribution in [2.24, 2.45) is 0 Å². The van der Waals surface area contributed by atoms with Crippen molar-refractivity contribution >= 4 is 5.91 Å². The highest BCUT2D eigenvalue weighted by Gasteiger charge is 2.36. The normalized spacial score (nSPS) is 28.0. The third-order valence-electron chi connectivity index (χ3n) is 3.90. The molecule has 0 bridgehead atoms. The Balaban J connectivity index is 1.54. The van der Waals surface area contributed by atoms with Crippen LogP contribution in [0.2, 0.25) is 0 Å². The molecule has 0 spiro atoms. The molecule has 7 heteroatoms. The minimum atomic E-state index is -0.000256. The molecule has 98 valence electrons. The van der Waals surface area contributed by atoms with Crippen LogP contribution in [-0.2, 0) is 11.3 Å². The zero-order chi connectivity index (χ0) is 12.4. The maximum absolute atomic E-state index is 11.9.